The number of carbonyl (C=O) groups is 2. The fraction of sp³-hybridized carbons (Fsp3) is 0.174. The van der Waals surface area contributed by atoms with Crippen molar-refractivity contribution < 1.29 is 14.0 Å². The number of aromatic nitrogens is 4. The quantitative estimate of drug-likeness (QED) is 0.500. The molecule has 2 aromatic heterocycles. The predicted molar refractivity (Wildman–Crippen MR) is 120 cm³/mol. The first-order valence-corrected chi connectivity index (χ1v) is 10.3. The Balaban J connectivity index is 1.41. The summed E-state index contributed by atoms with van der Waals surface area (Å²) in [5.74, 6) is -1.83. The van der Waals surface area contributed by atoms with Gasteiger partial charge in [-0.1, -0.05) is 18.2 Å². The van der Waals surface area contributed by atoms with E-state index in [1.165, 1.54) is 28.2 Å². The van der Waals surface area contributed by atoms with Crippen molar-refractivity contribution in [3.05, 3.63) is 76.7 Å². The number of aromatic amines is 1. The minimum atomic E-state index is -0.651. The number of hydrogen-bond donors (Lipinski definition) is 2. The molecule has 2 amide bonds. The van der Waals surface area contributed by atoms with Gasteiger partial charge in [-0.15, -0.1) is 0 Å². The average molecular weight is 446 g/mol. The summed E-state index contributed by atoms with van der Waals surface area (Å²) in [5, 5.41) is 7.42. The number of amides is 2. The van der Waals surface area contributed by atoms with E-state index in [0.29, 0.717) is 22.4 Å². The van der Waals surface area contributed by atoms with Gasteiger partial charge in [0.25, 0.3) is 5.56 Å². The predicted octanol–water partition coefficient (Wildman–Crippen LogP) is 2.55. The summed E-state index contributed by atoms with van der Waals surface area (Å²) >= 11 is 0. The van der Waals surface area contributed by atoms with Crippen LogP contribution in [0.1, 0.15) is 12.0 Å². The maximum Gasteiger partial charge on any atom is 0.261 e. The molecule has 2 N–H and O–H groups in total. The van der Waals surface area contributed by atoms with Crippen molar-refractivity contribution in [2.24, 2.45) is 5.92 Å². The second-order valence-corrected chi connectivity index (χ2v) is 7.89. The Labute approximate surface area is 186 Å². The maximum absolute atomic E-state index is 14.4. The molecule has 1 aliphatic rings. The number of carbonyl (C=O) groups excluding carboxylic acids is 2. The van der Waals surface area contributed by atoms with Gasteiger partial charge in [0, 0.05) is 13.0 Å². The monoisotopic (exact) mass is 446 g/mol. The van der Waals surface area contributed by atoms with E-state index in [0.717, 1.165) is 5.56 Å². The number of halogens is 1. The molecule has 1 unspecified atom stereocenters. The number of nitrogens with one attached hydrogen (secondary N) is 2. The van der Waals surface area contributed by atoms with Crippen LogP contribution in [0.25, 0.3) is 16.7 Å². The number of anilines is 2. The number of aryl methyl sites for hydroxylation is 1. The Kier molecular flexibility index (Phi) is 4.97. The van der Waals surface area contributed by atoms with Crippen LogP contribution in [0, 0.1) is 18.7 Å². The Bertz CT molecular complexity index is 1460. The molecular weight excluding hydrogens is 427 g/mol. The molecule has 1 saturated heterocycles. The molecule has 0 radical (unpaired) electrons. The highest BCUT2D eigenvalue weighted by Crippen LogP contribution is 2.29. The largest absolute Gasteiger partial charge is 0.324 e. The molecule has 0 aliphatic carbocycles. The fourth-order valence-corrected chi connectivity index (χ4v) is 3.98. The third kappa shape index (κ3) is 3.65. The number of hydrogen-bond acceptors (Lipinski definition) is 5. The van der Waals surface area contributed by atoms with Crippen molar-refractivity contribution in [1.29, 1.82) is 0 Å². The number of benzene rings is 2. The van der Waals surface area contributed by atoms with Gasteiger partial charge in [0.2, 0.25) is 11.8 Å². The number of nitrogens with zero attached hydrogens (tertiary/aromatic N) is 4. The Morgan fingerprint density at radius 3 is 2.82 bits per heavy atom. The summed E-state index contributed by atoms with van der Waals surface area (Å²) in [6, 6.07) is 11.6. The number of H-pyrrole nitrogens is 1. The first kappa shape index (κ1) is 20.6. The summed E-state index contributed by atoms with van der Waals surface area (Å²) < 4.78 is 15.8. The highest BCUT2D eigenvalue weighted by atomic mass is 19.1. The second kappa shape index (κ2) is 7.97. The van der Waals surface area contributed by atoms with Crippen molar-refractivity contribution in [3.63, 3.8) is 0 Å². The molecule has 0 spiro atoms. The van der Waals surface area contributed by atoms with Gasteiger partial charge in [-0.25, -0.2) is 14.1 Å². The normalized spacial score (nSPS) is 15.9. The van der Waals surface area contributed by atoms with E-state index in [2.05, 4.69) is 20.4 Å². The van der Waals surface area contributed by atoms with E-state index in [-0.39, 0.29) is 36.0 Å². The van der Waals surface area contributed by atoms with Gasteiger partial charge in [0.05, 0.1) is 35.5 Å². The van der Waals surface area contributed by atoms with Crippen LogP contribution in [0.3, 0.4) is 0 Å². The molecule has 1 fully saturated rings. The zero-order valence-electron chi connectivity index (χ0n) is 17.6. The van der Waals surface area contributed by atoms with Gasteiger partial charge in [0.1, 0.15) is 11.2 Å². The summed E-state index contributed by atoms with van der Waals surface area (Å²) in [6.45, 7) is 1.84. The summed E-state index contributed by atoms with van der Waals surface area (Å²) in [5.41, 5.74) is 1.90. The van der Waals surface area contributed by atoms with E-state index in [4.69, 9.17) is 0 Å². The zero-order valence-corrected chi connectivity index (χ0v) is 17.6. The smallest absolute Gasteiger partial charge is 0.261 e. The average Bonchev–Trinajstić information content (AvgIpc) is 3.39. The molecule has 0 bridgehead atoms. The van der Waals surface area contributed by atoms with Gasteiger partial charge < -0.3 is 15.2 Å². The molecule has 1 aliphatic heterocycles. The second-order valence-electron chi connectivity index (χ2n) is 7.89. The number of rotatable bonds is 4. The van der Waals surface area contributed by atoms with E-state index >= 15 is 0 Å². The molecule has 10 heteroatoms. The van der Waals surface area contributed by atoms with Crippen LogP contribution in [0.15, 0.2) is 59.8 Å². The van der Waals surface area contributed by atoms with Gasteiger partial charge >= 0.3 is 0 Å². The maximum atomic E-state index is 14.4. The molecule has 5 rings (SSSR count). The number of para-hydroxylation sites is 2. The summed E-state index contributed by atoms with van der Waals surface area (Å²) in [4.78, 5) is 45.6. The summed E-state index contributed by atoms with van der Waals surface area (Å²) in [7, 11) is 0. The fourth-order valence-electron chi connectivity index (χ4n) is 3.98. The van der Waals surface area contributed by atoms with Crippen LogP contribution in [-0.2, 0) is 9.59 Å². The third-order valence-electron chi connectivity index (χ3n) is 5.65. The van der Waals surface area contributed by atoms with Crippen LogP contribution in [0.2, 0.25) is 0 Å². The van der Waals surface area contributed by atoms with E-state index in [1.54, 1.807) is 43.3 Å². The summed E-state index contributed by atoms with van der Waals surface area (Å²) in [6.07, 6.45) is 2.67. The topological polar surface area (TPSA) is 113 Å². The van der Waals surface area contributed by atoms with Crippen molar-refractivity contribution in [2.45, 2.75) is 13.3 Å². The molecule has 166 valence electrons. The Morgan fingerprint density at radius 2 is 2.00 bits per heavy atom. The van der Waals surface area contributed by atoms with Crippen molar-refractivity contribution in [2.75, 3.05) is 16.8 Å². The molecule has 3 heterocycles. The third-order valence-corrected chi connectivity index (χ3v) is 5.65. The minimum Gasteiger partial charge on any atom is -0.324 e. The zero-order chi connectivity index (χ0) is 23.1. The SMILES string of the molecule is Cc1ccc(N2CC(C(=O)Nc3ccccc3-n3ncc4c(=O)[nH]cnc43)CC2=O)c(F)c1. The highest BCUT2D eigenvalue weighted by Gasteiger charge is 2.36. The molecule has 33 heavy (non-hydrogen) atoms. The van der Waals surface area contributed by atoms with Crippen molar-refractivity contribution in [3.8, 4) is 5.69 Å². The first-order valence-electron chi connectivity index (χ1n) is 10.3. The lowest BCUT2D eigenvalue weighted by Crippen LogP contribution is -2.29. The Hall–Kier alpha value is -4.34. The molecule has 2 aromatic carbocycles. The lowest BCUT2D eigenvalue weighted by Gasteiger charge is -2.18. The van der Waals surface area contributed by atoms with Gasteiger partial charge in [-0.05, 0) is 36.8 Å². The van der Waals surface area contributed by atoms with Crippen LogP contribution in [0.4, 0.5) is 15.8 Å². The van der Waals surface area contributed by atoms with Crippen molar-refractivity contribution >= 4 is 34.2 Å². The van der Waals surface area contributed by atoms with Crippen molar-refractivity contribution in [1.82, 2.24) is 19.7 Å². The van der Waals surface area contributed by atoms with Crippen LogP contribution >= 0.6 is 0 Å². The Morgan fingerprint density at radius 1 is 1.18 bits per heavy atom. The molecule has 0 saturated carbocycles. The van der Waals surface area contributed by atoms with Crippen LogP contribution in [-0.4, -0.2) is 38.1 Å². The van der Waals surface area contributed by atoms with E-state index in [1.807, 2.05) is 0 Å². The van der Waals surface area contributed by atoms with Gasteiger partial charge in [0.15, 0.2) is 5.65 Å². The van der Waals surface area contributed by atoms with Crippen LogP contribution in [0.5, 0.6) is 0 Å². The number of fused-ring (bicyclic) bond motifs is 1. The lowest BCUT2D eigenvalue weighted by molar-refractivity contribution is -0.122. The lowest BCUT2D eigenvalue weighted by atomic mass is 10.1. The molecule has 4 aromatic rings. The van der Waals surface area contributed by atoms with Crippen LogP contribution < -0.4 is 15.8 Å². The first-order chi connectivity index (χ1) is 15.9. The van der Waals surface area contributed by atoms with E-state index < -0.39 is 11.7 Å². The standard InChI is InChI=1S/C23H19FN6O3/c1-13-6-7-18(16(24)8-13)29-11-14(9-20(29)31)22(32)28-17-4-2-3-5-19(17)30-21-15(10-27-30)23(33)26-12-25-21/h2-8,10,12,14H,9,11H2,1H3,(H,28,32)(H,25,26,33). The minimum absolute atomic E-state index is 0.0249. The van der Waals surface area contributed by atoms with E-state index in [9.17, 15) is 18.8 Å². The highest BCUT2D eigenvalue weighted by molar-refractivity contribution is 6.04. The van der Waals surface area contributed by atoms with Gasteiger partial charge in [-0.2, -0.15) is 5.10 Å². The molecule has 1 atom stereocenters. The molecule has 9 nitrogen and oxygen atoms in total. The van der Waals surface area contributed by atoms with Gasteiger partial charge in [-0.3, -0.25) is 14.4 Å². The molecular formula is C23H19FN6O3.